The fourth-order valence-electron chi connectivity index (χ4n) is 1.39. The molecule has 1 aliphatic heterocycles. The smallest absolute Gasteiger partial charge is 0.410 e. The van der Waals surface area contributed by atoms with E-state index in [0.717, 1.165) is 6.42 Å². The summed E-state index contributed by atoms with van der Waals surface area (Å²) in [5, 5.41) is 0. The molecule has 0 aromatic rings. The summed E-state index contributed by atoms with van der Waals surface area (Å²) in [6.45, 7) is 11.8. The van der Waals surface area contributed by atoms with Gasteiger partial charge in [-0.3, -0.25) is 4.90 Å². The van der Waals surface area contributed by atoms with Gasteiger partial charge in [0.1, 0.15) is 21.7 Å². The van der Waals surface area contributed by atoms with Crippen LogP contribution in [0, 0.1) is 0 Å². The summed E-state index contributed by atoms with van der Waals surface area (Å²) in [5.41, 5.74) is -0.497. The largest absolute Gasteiger partial charge is 0.591 e. The van der Waals surface area contributed by atoms with Gasteiger partial charge in [0.05, 0.1) is 12.3 Å². The van der Waals surface area contributed by atoms with Crippen LogP contribution in [-0.2, 0) is 16.1 Å². The van der Waals surface area contributed by atoms with E-state index in [1.54, 1.807) is 11.1 Å². The van der Waals surface area contributed by atoms with Gasteiger partial charge in [0, 0.05) is 6.54 Å². The summed E-state index contributed by atoms with van der Waals surface area (Å²) in [5.74, 6) is 0. The number of carbonyl (C=O) groups is 1. The quantitative estimate of drug-likeness (QED) is 0.579. The molecule has 2 unspecified atom stereocenters. The van der Waals surface area contributed by atoms with Crippen LogP contribution in [0.15, 0.2) is 4.40 Å². The zero-order valence-corrected chi connectivity index (χ0v) is 13.4. The summed E-state index contributed by atoms with van der Waals surface area (Å²) in [7, 11) is 0. The minimum atomic E-state index is -1.28. The first-order chi connectivity index (χ1) is 8.50. The first-order valence-corrected chi connectivity index (χ1v) is 7.57. The van der Waals surface area contributed by atoms with Crippen molar-refractivity contribution in [2.24, 2.45) is 4.40 Å². The Kier molecular flexibility index (Phi) is 4.90. The SMILES string of the molecule is CC(C)(C)OC(=O)N1CCC1/C=N/[S+]([O-])C(C)(C)C. The predicted molar refractivity (Wildman–Crippen MR) is 77.7 cm³/mol. The second-order valence-electron chi connectivity index (χ2n) is 6.65. The highest BCUT2D eigenvalue weighted by Gasteiger charge is 2.35. The minimum absolute atomic E-state index is 0.0962. The van der Waals surface area contributed by atoms with Gasteiger partial charge in [-0.25, -0.2) is 4.79 Å². The molecule has 2 atom stereocenters. The molecule has 0 radical (unpaired) electrons. The lowest BCUT2D eigenvalue weighted by molar-refractivity contribution is 0.00618. The van der Waals surface area contributed by atoms with Crippen molar-refractivity contribution in [3.63, 3.8) is 0 Å². The van der Waals surface area contributed by atoms with E-state index < -0.39 is 17.0 Å². The highest BCUT2D eigenvalue weighted by Crippen LogP contribution is 2.22. The summed E-state index contributed by atoms with van der Waals surface area (Å²) >= 11 is -1.28. The van der Waals surface area contributed by atoms with E-state index in [1.165, 1.54) is 0 Å². The van der Waals surface area contributed by atoms with Gasteiger partial charge in [-0.15, -0.1) is 0 Å². The van der Waals surface area contributed by atoms with E-state index in [1.807, 2.05) is 41.5 Å². The molecule has 110 valence electrons. The summed E-state index contributed by atoms with van der Waals surface area (Å²) < 4.78 is 20.8. The van der Waals surface area contributed by atoms with E-state index in [2.05, 4.69) is 4.40 Å². The average Bonchev–Trinajstić information content (AvgIpc) is 2.10. The van der Waals surface area contributed by atoms with Crippen LogP contribution < -0.4 is 0 Å². The Morgan fingerprint density at radius 3 is 2.32 bits per heavy atom. The van der Waals surface area contributed by atoms with Crippen LogP contribution in [-0.4, -0.2) is 44.7 Å². The number of rotatable bonds is 2. The monoisotopic (exact) mass is 288 g/mol. The van der Waals surface area contributed by atoms with Crippen LogP contribution in [0.2, 0.25) is 0 Å². The van der Waals surface area contributed by atoms with Crippen molar-refractivity contribution >= 4 is 23.7 Å². The molecule has 1 rings (SSSR count). The van der Waals surface area contributed by atoms with Crippen molar-refractivity contribution in [1.29, 1.82) is 0 Å². The third-order valence-electron chi connectivity index (χ3n) is 2.55. The normalized spacial score (nSPS) is 22.3. The number of amides is 1. The molecule has 6 heteroatoms. The Bertz CT molecular complexity index is 358. The number of hydrogen-bond acceptors (Lipinski definition) is 4. The van der Waals surface area contributed by atoms with E-state index in [0.29, 0.717) is 6.54 Å². The summed E-state index contributed by atoms with van der Waals surface area (Å²) in [6, 6.07) is -0.0962. The fraction of sp³-hybridized carbons (Fsp3) is 0.846. The van der Waals surface area contributed by atoms with Gasteiger partial charge in [-0.1, -0.05) is 4.40 Å². The van der Waals surface area contributed by atoms with E-state index in [-0.39, 0.29) is 16.9 Å². The lowest BCUT2D eigenvalue weighted by Gasteiger charge is -2.39. The Balaban J connectivity index is 2.54. The van der Waals surface area contributed by atoms with Crippen molar-refractivity contribution in [2.45, 2.75) is 64.4 Å². The Morgan fingerprint density at radius 1 is 1.37 bits per heavy atom. The zero-order valence-electron chi connectivity index (χ0n) is 12.6. The lowest BCUT2D eigenvalue weighted by atomic mass is 10.1. The molecule has 0 aliphatic carbocycles. The van der Waals surface area contributed by atoms with E-state index in [9.17, 15) is 9.35 Å². The molecule has 19 heavy (non-hydrogen) atoms. The van der Waals surface area contributed by atoms with Crippen LogP contribution in [0.5, 0.6) is 0 Å². The standard InChI is InChI=1S/C13H24N2O3S/c1-12(2,3)18-11(16)15-8-7-10(15)9-14-19(17)13(4,5)6/h9-10H,7-8H2,1-6H3/b14-9+. The van der Waals surface area contributed by atoms with Gasteiger partial charge in [-0.05, 0) is 48.0 Å². The Labute approximate surface area is 118 Å². The minimum Gasteiger partial charge on any atom is -0.591 e. The predicted octanol–water partition coefficient (Wildman–Crippen LogP) is 2.53. The maximum atomic E-state index is 11.9. The van der Waals surface area contributed by atoms with Gasteiger partial charge in [-0.2, -0.15) is 0 Å². The second-order valence-corrected chi connectivity index (χ2v) is 8.58. The molecule has 1 saturated heterocycles. The van der Waals surface area contributed by atoms with Crippen molar-refractivity contribution in [1.82, 2.24) is 4.90 Å². The molecule has 1 amide bonds. The number of hydrogen-bond donors (Lipinski definition) is 0. The molecule has 5 nitrogen and oxygen atoms in total. The van der Waals surface area contributed by atoms with Gasteiger partial charge in [0.2, 0.25) is 0 Å². The second kappa shape index (κ2) is 5.71. The summed E-state index contributed by atoms with van der Waals surface area (Å²) in [6.07, 6.45) is 2.11. The average molecular weight is 288 g/mol. The topological polar surface area (TPSA) is 65.0 Å². The Hall–Kier alpha value is -0.750. The van der Waals surface area contributed by atoms with Crippen molar-refractivity contribution < 1.29 is 14.1 Å². The van der Waals surface area contributed by atoms with Crippen LogP contribution >= 0.6 is 0 Å². The van der Waals surface area contributed by atoms with Crippen LogP contribution in [0.4, 0.5) is 4.79 Å². The fourth-order valence-corrected chi connectivity index (χ4v) is 1.96. The molecular formula is C13H24N2O3S. The first-order valence-electron chi connectivity index (χ1n) is 6.46. The lowest BCUT2D eigenvalue weighted by Crippen LogP contribution is -2.53. The van der Waals surface area contributed by atoms with Crippen LogP contribution in [0.3, 0.4) is 0 Å². The highest BCUT2D eigenvalue weighted by molar-refractivity contribution is 7.91. The third-order valence-corrected chi connectivity index (χ3v) is 3.91. The zero-order chi connectivity index (χ0) is 14.8. The molecule has 1 heterocycles. The number of nitrogens with zero attached hydrogens (tertiary/aromatic N) is 2. The molecule has 0 aromatic carbocycles. The maximum absolute atomic E-state index is 11.9. The molecule has 0 spiro atoms. The molecule has 0 aromatic heterocycles. The van der Waals surface area contributed by atoms with E-state index >= 15 is 0 Å². The van der Waals surface area contributed by atoms with Crippen LogP contribution in [0.1, 0.15) is 48.0 Å². The van der Waals surface area contributed by atoms with Crippen molar-refractivity contribution in [3.05, 3.63) is 0 Å². The molecule has 0 bridgehead atoms. The molecule has 0 saturated carbocycles. The van der Waals surface area contributed by atoms with Gasteiger partial charge >= 0.3 is 6.09 Å². The summed E-state index contributed by atoms with van der Waals surface area (Å²) in [4.78, 5) is 13.5. The number of likely N-dealkylation sites (tertiary alicyclic amines) is 1. The first kappa shape index (κ1) is 16.3. The number of carbonyl (C=O) groups excluding carboxylic acids is 1. The highest BCUT2D eigenvalue weighted by atomic mass is 32.2. The molecular weight excluding hydrogens is 264 g/mol. The van der Waals surface area contributed by atoms with E-state index in [4.69, 9.17) is 4.74 Å². The number of ether oxygens (including phenoxy) is 1. The van der Waals surface area contributed by atoms with Gasteiger partial charge in [0.25, 0.3) is 0 Å². The van der Waals surface area contributed by atoms with Crippen molar-refractivity contribution in [3.8, 4) is 0 Å². The third kappa shape index (κ3) is 5.03. The van der Waals surface area contributed by atoms with Gasteiger partial charge < -0.3 is 9.29 Å². The molecule has 1 aliphatic rings. The van der Waals surface area contributed by atoms with Crippen molar-refractivity contribution in [2.75, 3.05) is 6.54 Å². The van der Waals surface area contributed by atoms with Gasteiger partial charge in [0.15, 0.2) is 0 Å². The molecule has 1 fully saturated rings. The molecule has 0 N–H and O–H groups in total. The Morgan fingerprint density at radius 2 is 1.95 bits per heavy atom. The van der Waals surface area contributed by atoms with Crippen LogP contribution in [0.25, 0.3) is 0 Å². The maximum Gasteiger partial charge on any atom is 0.410 e.